The van der Waals surface area contributed by atoms with Gasteiger partial charge in [0.15, 0.2) is 0 Å². The summed E-state index contributed by atoms with van der Waals surface area (Å²) < 4.78 is 0. The minimum absolute atomic E-state index is 0.0210. The summed E-state index contributed by atoms with van der Waals surface area (Å²) in [6, 6.07) is -5.58. The Balaban J connectivity index is 2.96. The van der Waals surface area contributed by atoms with Crippen LogP contribution in [0.3, 0.4) is 0 Å². The van der Waals surface area contributed by atoms with E-state index in [1.54, 1.807) is 0 Å². The Hall–Kier alpha value is -4.05. The second-order valence-electron chi connectivity index (χ2n) is 8.22. The fourth-order valence-electron chi connectivity index (χ4n) is 3.22. The standard InChI is InChI=1S/C21H33N7O9/c22-6-2-1-3-13(19(34)27-14(21(36)37)4-5-16(29)30)26-20(35)15(8-17(31)32)28-18(33)12(23)7-11-9-24-10-25-11/h9-10,12-15H,1-8,22-23H2,(H,24,25)(H,26,35)(H,27,34)(H,28,33)(H,29,30)(H,31,32)(H,36,37). The van der Waals surface area contributed by atoms with Crippen LogP contribution in [0.4, 0.5) is 0 Å². The number of nitrogens with one attached hydrogen (secondary N) is 4. The van der Waals surface area contributed by atoms with Crippen LogP contribution in [-0.2, 0) is 35.2 Å². The van der Waals surface area contributed by atoms with Crippen LogP contribution in [0.15, 0.2) is 12.5 Å². The molecule has 3 amide bonds. The molecule has 0 saturated heterocycles. The number of aliphatic carboxylic acids is 3. The van der Waals surface area contributed by atoms with Crippen LogP contribution in [0.5, 0.6) is 0 Å². The summed E-state index contributed by atoms with van der Waals surface area (Å²) in [4.78, 5) is 78.3. The number of nitrogens with two attached hydrogens (primary N) is 2. The van der Waals surface area contributed by atoms with Crippen molar-refractivity contribution in [3.63, 3.8) is 0 Å². The van der Waals surface area contributed by atoms with Crippen LogP contribution in [0.25, 0.3) is 0 Å². The highest BCUT2D eigenvalue weighted by molar-refractivity contribution is 5.95. The molecule has 1 heterocycles. The van der Waals surface area contributed by atoms with E-state index >= 15 is 0 Å². The van der Waals surface area contributed by atoms with E-state index in [9.17, 15) is 39.0 Å². The van der Waals surface area contributed by atoms with Gasteiger partial charge in [0.1, 0.15) is 18.1 Å². The number of rotatable bonds is 18. The van der Waals surface area contributed by atoms with Crippen molar-refractivity contribution in [1.82, 2.24) is 25.9 Å². The molecule has 0 fully saturated rings. The Bertz CT molecular complexity index is 939. The number of H-pyrrole nitrogens is 1. The third-order valence-electron chi connectivity index (χ3n) is 5.18. The van der Waals surface area contributed by atoms with Crippen molar-refractivity contribution in [2.75, 3.05) is 6.54 Å². The van der Waals surface area contributed by atoms with Crippen molar-refractivity contribution in [2.45, 2.75) is 69.1 Å². The number of carboxylic acids is 3. The van der Waals surface area contributed by atoms with Crippen LogP contribution >= 0.6 is 0 Å². The number of hydrogen-bond donors (Lipinski definition) is 9. The molecule has 0 aliphatic rings. The maximum Gasteiger partial charge on any atom is 0.326 e. The number of imidazole rings is 1. The number of aromatic nitrogens is 2. The zero-order chi connectivity index (χ0) is 28.0. The minimum atomic E-state index is -1.59. The molecular formula is C21H33N7O9. The van der Waals surface area contributed by atoms with Gasteiger partial charge in [0, 0.05) is 24.7 Å². The zero-order valence-electron chi connectivity index (χ0n) is 20.0. The van der Waals surface area contributed by atoms with Gasteiger partial charge in [-0.15, -0.1) is 0 Å². The van der Waals surface area contributed by atoms with Crippen LogP contribution in [0, 0.1) is 0 Å². The Morgan fingerprint density at radius 2 is 1.49 bits per heavy atom. The maximum absolute atomic E-state index is 12.9. The van der Waals surface area contributed by atoms with Crippen LogP contribution in [0.2, 0.25) is 0 Å². The molecule has 0 spiro atoms. The Labute approximate surface area is 211 Å². The van der Waals surface area contributed by atoms with E-state index in [-0.39, 0.29) is 19.4 Å². The van der Waals surface area contributed by atoms with E-state index in [2.05, 4.69) is 25.9 Å². The molecule has 1 rings (SSSR count). The molecule has 0 bridgehead atoms. The fraction of sp³-hybridized carbons (Fsp3) is 0.571. The molecule has 16 heteroatoms. The fourth-order valence-corrected chi connectivity index (χ4v) is 3.22. The van der Waals surface area contributed by atoms with Crippen LogP contribution in [-0.4, -0.2) is 91.6 Å². The van der Waals surface area contributed by atoms with Gasteiger partial charge in [-0.2, -0.15) is 0 Å². The number of carboxylic acid groups (broad SMARTS) is 3. The van der Waals surface area contributed by atoms with Crippen molar-refractivity contribution < 1.29 is 44.1 Å². The second kappa shape index (κ2) is 15.8. The SMILES string of the molecule is NCCCCC(NC(=O)C(CC(=O)O)NC(=O)C(N)Cc1cnc[nH]1)C(=O)NC(CCC(=O)O)C(=O)O. The van der Waals surface area contributed by atoms with Crippen molar-refractivity contribution >= 4 is 35.6 Å². The van der Waals surface area contributed by atoms with E-state index < -0.39 is 79.1 Å². The number of aromatic amines is 1. The van der Waals surface area contributed by atoms with E-state index in [0.717, 1.165) is 0 Å². The molecule has 1 aromatic rings. The molecule has 4 unspecified atom stereocenters. The number of nitrogens with zero attached hydrogens (tertiary/aromatic N) is 1. The van der Waals surface area contributed by atoms with Gasteiger partial charge in [0.2, 0.25) is 17.7 Å². The first-order chi connectivity index (χ1) is 17.4. The molecule has 0 aliphatic carbocycles. The average Bonchev–Trinajstić information content (AvgIpc) is 3.32. The third-order valence-corrected chi connectivity index (χ3v) is 5.18. The highest BCUT2D eigenvalue weighted by Gasteiger charge is 2.31. The van der Waals surface area contributed by atoms with Crippen LogP contribution < -0.4 is 27.4 Å². The van der Waals surface area contributed by atoms with Crippen molar-refractivity contribution in [3.05, 3.63) is 18.2 Å². The first kappa shape index (κ1) is 31.0. The van der Waals surface area contributed by atoms with E-state index in [1.165, 1.54) is 12.5 Å². The predicted molar refractivity (Wildman–Crippen MR) is 126 cm³/mol. The third kappa shape index (κ3) is 12.0. The monoisotopic (exact) mass is 527 g/mol. The minimum Gasteiger partial charge on any atom is -0.481 e. The summed E-state index contributed by atoms with van der Waals surface area (Å²) in [7, 11) is 0. The summed E-state index contributed by atoms with van der Waals surface area (Å²) in [5, 5.41) is 34.1. The quantitative estimate of drug-likeness (QED) is 0.0881. The molecule has 4 atom stereocenters. The normalized spacial score (nSPS) is 14.0. The van der Waals surface area contributed by atoms with Gasteiger partial charge in [0.25, 0.3) is 0 Å². The van der Waals surface area contributed by atoms with Gasteiger partial charge in [-0.25, -0.2) is 9.78 Å². The largest absolute Gasteiger partial charge is 0.481 e. The molecule has 0 aromatic carbocycles. The molecule has 16 nitrogen and oxygen atoms in total. The summed E-state index contributed by atoms with van der Waals surface area (Å²) in [5.74, 6) is -6.88. The molecule has 37 heavy (non-hydrogen) atoms. The van der Waals surface area contributed by atoms with Gasteiger partial charge in [-0.05, 0) is 32.2 Å². The first-order valence-electron chi connectivity index (χ1n) is 11.4. The lowest BCUT2D eigenvalue weighted by molar-refractivity contribution is -0.144. The molecule has 11 N–H and O–H groups in total. The summed E-state index contributed by atoms with van der Waals surface area (Å²) in [6.07, 6.45) is 1.97. The van der Waals surface area contributed by atoms with Crippen LogP contribution in [0.1, 0.15) is 44.2 Å². The lowest BCUT2D eigenvalue weighted by Crippen LogP contribution is -2.57. The molecule has 0 radical (unpaired) electrons. The van der Waals surface area contributed by atoms with Crippen molar-refractivity contribution in [1.29, 1.82) is 0 Å². The predicted octanol–water partition coefficient (Wildman–Crippen LogP) is -2.71. The summed E-state index contributed by atoms with van der Waals surface area (Å²) in [5.41, 5.74) is 11.8. The lowest BCUT2D eigenvalue weighted by Gasteiger charge is -2.24. The van der Waals surface area contributed by atoms with Crippen molar-refractivity contribution in [2.24, 2.45) is 11.5 Å². The highest BCUT2D eigenvalue weighted by Crippen LogP contribution is 2.06. The van der Waals surface area contributed by atoms with Crippen molar-refractivity contribution in [3.8, 4) is 0 Å². The summed E-state index contributed by atoms with van der Waals surface area (Å²) >= 11 is 0. The van der Waals surface area contributed by atoms with E-state index in [1.807, 2.05) is 0 Å². The first-order valence-corrected chi connectivity index (χ1v) is 11.4. The Kier molecular flexibility index (Phi) is 13.3. The van der Waals surface area contributed by atoms with Gasteiger partial charge < -0.3 is 47.7 Å². The summed E-state index contributed by atoms with van der Waals surface area (Å²) in [6.45, 7) is 0.282. The van der Waals surface area contributed by atoms with Gasteiger partial charge >= 0.3 is 17.9 Å². The maximum atomic E-state index is 12.9. The molecule has 206 valence electrons. The van der Waals surface area contributed by atoms with Gasteiger partial charge in [-0.1, -0.05) is 0 Å². The smallest absolute Gasteiger partial charge is 0.326 e. The zero-order valence-corrected chi connectivity index (χ0v) is 20.0. The Morgan fingerprint density at radius 1 is 0.865 bits per heavy atom. The molecule has 0 saturated carbocycles. The number of hydrogen-bond acceptors (Lipinski definition) is 9. The number of carbonyl (C=O) groups excluding carboxylic acids is 3. The average molecular weight is 528 g/mol. The lowest BCUT2D eigenvalue weighted by atomic mass is 10.1. The second-order valence-corrected chi connectivity index (χ2v) is 8.22. The number of unbranched alkanes of at least 4 members (excludes halogenated alkanes) is 1. The van der Waals surface area contributed by atoms with Gasteiger partial charge in [-0.3, -0.25) is 24.0 Å². The Morgan fingerprint density at radius 3 is 2.03 bits per heavy atom. The molecule has 1 aromatic heterocycles. The highest BCUT2D eigenvalue weighted by atomic mass is 16.4. The van der Waals surface area contributed by atoms with Gasteiger partial charge in [0.05, 0.1) is 18.8 Å². The number of amides is 3. The van der Waals surface area contributed by atoms with E-state index in [4.69, 9.17) is 16.6 Å². The molecular weight excluding hydrogens is 494 g/mol. The topological polar surface area (TPSA) is 280 Å². The number of carbonyl (C=O) groups is 6. The van der Waals surface area contributed by atoms with E-state index in [0.29, 0.717) is 18.5 Å². The molecule has 0 aliphatic heterocycles.